The SMILES string of the molecule is Cc1ccc(S(=O)(=O)OCC(COc2ccccc2)OS(=O)(=O)c2ccc(C)cc2)cc1. The maximum Gasteiger partial charge on any atom is 0.297 e. The predicted molar refractivity (Wildman–Crippen MR) is 119 cm³/mol. The minimum atomic E-state index is -4.17. The fraction of sp³-hybridized carbons (Fsp3) is 0.217. The van der Waals surface area contributed by atoms with Crippen molar-refractivity contribution in [3.05, 3.63) is 90.0 Å². The molecule has 7 nitrogen and oxygen atoms in total. The third kappa shape index (κ3) is 6.64. The lowest BCUT2D eigenvalue weighted by Crippen LogP contribution is -2.31. The molecule has 0 fully saturated rings. The maximum absolute atomic E-state index is 12.7. The van der Waals surface area contributed by atoms with E-state index in [1.54, 1.807) is 54.6 Å². The molecule has 1 unspecified atom stereocenters. The third-order valence-corrected chi connectivity index (χ3v) is 7.14. The van der Waals surface area contributed by atoms with Gasteiger partial charge in [-0.05, 0) is 50.2 Å². The van der Waals surface area contributed by atoms with Gasteiger partial charge in [0.2, 0.25) is 0 Å². The lowest BCUT2D eigenvalue weighted by molar-refractivity contribution is 0.0885. The Morgan fingerprint density at radius 3 is 1.69 bits per heavy atom. The van der Waals surface area contributed by atoms with Crippen molar-refractivity contribution >= 4 is 20.2 Å². The summed E-state index contributed by atoms with van der Waals surface area (Å²) >= 11 is 0. The average molecular weight is 477 g/mol. The molecule has 3 aromatic rings. The zero-order chi connectivity index (χ0) is 23.2. The summed E-state index contributed by atoms with van der Waals surface area (Å²) in [4.78, 5) is -0.0820. The molecule has 0 amide bonds. The van der Waals surface area contributed by atoms with E-state index in [0.717, 1.165) is 11.1 Å². The molecule has 0 bridgehead atoms. The number of rotatable bonds is 10. The summed E-state index contributed by atoms with van der Waals surface area (Å²) in [6.07, 6.45) is -1.21. The van der Waals surface area contributed by atoms with E-state index in [-0.39, 0.29) is 16.4 Å². The van der Waals surface area contributed by atoms with E-state index in [4.69, 9.17) is 13.1 Å². The smallest absolute Gasteiger partial charge is 0.297 e. The molecule has 0 aromatic heterocycles. The summed E-state index contributed by atoms with van der Waals surface area (Å²) < 4.78 is 66.5. The van der Waals surface area contributed by atoms with Crippen LogP contribution in [-0.4, -0.2) is 36.2 Å². The van der Waals surface area contributed by atoms with Gasteiger partial charge in [0.05, 0.1) is 16.4 Å². The third-order valence-electron chi connectivity index (χ3n) is 4.47. The summed E-state index contributed by atoms with van der Waals surface area (Å²) in [7, 11) is -8.28. The summed E-state index contributed by atoms with van der Waals surface area (Å²) in [5, 5.41) is 0. The highest BCUT2D eigenvalue weighted by atomic mass is 32.2. The van der Waals surface area contributed by atoms with E-state index in [1.807, 2.05) is 13.8 Å². The standard InChI is InChI=1S/C23H24O7S2/c1-18-8-12-22(13-9-18)31(24,25)29-17-21(16-28-20-6-4-3-5-7-20)30-32(26,27)23-14-10-19(2)11-15-23/h3-15,21H,16-17H2,1-2H3. The summed E-state index contributed by atoms with van der Waals surface area (Å²) in [6.45, 7) is 2.88. The van der Waals surface area contributed by atoms with Crippen LogP contribution in [0.2, 0.25) is 0 Å². The van der Waals surface area contributed by atoms with Gasteiger partial charge in [0, 0.05) is 0 Å². The number of ether oxygens (including phenoxy) is 1. The molecular formula is C23H24O7S2. The second-order valence-corrected chi connectivity index (χ2v) is 10.3. The first-order valence-corrected chi connectivity index (χ1v) is 12.6. The molecular weight excluding hydrogens is 452 g/mol. The lowest BCUT2D eigenvalue weighted by atomic mass is 10.2. The van der Waals surface area contributed by atoms with Gasteiger partial charge < -0.3 is 4.74 Å². The van der Waals surface area contributed by atoms with Crippen LogP contribution in [0.25, 0.3) is 0 Å². The normalized spacial score (nSPS) is 12.9. The van der Waals surface area contributed by atoms with Crippen LogP contribution in [0.3, 0.4) is 0 Å². The first-order chi connectivity index (χ1) is 15.2. The van der Waals surface area contributed by atoms with Crippen LogP contribution in [0.4, 0.5) is 0 Å². The number of benzene rings is 3. The Balaban J connectivity index is 1.76. The Morgan fingerprint density at radius 2 is 1.16 bits per heavy atom. The Hall–Kier alpha value is -2.72. The van der Waals surface area contributed by atoms with E-state index in [1.165, 1.54) is 24.3 Å². The van der Waals surface area contributed by atoms with Crippen LogP contribution >= 0.6 is 0 Å². The molecule has 0 saturated heterocycles. The van der Waals surface area contributed by atoms with Crippen molar-refractivity contribution in [2.45, 2.75) is 29.7 Å². The zero-order valence-electron chi connectivity index (χ0n) is 17.7. The van der Waals surface area contributed by atoms with Gasteiger partial charge in [0.1, 0.15) is 18.5 Å². The van der Waals surface area contributed by atoms with Crippen molar-refractivity contribution in [1.29, 1.82) is 0 Å². The Morgan fingerprint density at radius 1 is 0.656 bits per heavy atom. The highest BCUT2D eigenvalue weighted by molar-refractivity contribution is 7.87. The van der Waals surface area contributed by atoms with Crippen LogP contribution in [0.5, 0.6) is 5.75 Å². The Labute approximate surface area is 188 Å². The molecule has 3 rings (SSSR count). The molecule has 1 atom stereocenters. The topological polar surface area (TPSA) is 96.0 Å². The van der Waals surface area contributed by atoms with E-state index in [0.29, 0.717) is 5.75 Å². The number of aryl methyl sites for hydroxylation is 2. The van der Waals surface area contributed by atoms with Crippen molar-refractivity contribution < 1.29 is 29.9 Å². The van der Waals surface area contributed by atoms with Gasteiger partial charge in [-0.25, -0.2) is 0 Å². The molecule has 0 aliphatic carbocycles. The van der Waals surface area contributed by atoms with Crippen LogP contribution in [0, 0.1) is 13.8 Å². The van der Waals surface area contributed by atoms with Gasteiger partial charge in [0.25, 0.3) is 20.2 Å². The largest absolute Gasteiger partial charge is 0.491 e. The second-order valence-electron chi connectivity index (χ2n) is 7.16. The molecule has 0 aliphatic heterocycles. The van der Waals surface area contributed by atoms with E-state index < -0.39 is 32.9 Å². The summed E-state index contributed by atoms with van der Waals surface area (Å²) in [6, 6.07) is 21.0. The van der Waals surface area contributed by atoms with Crippen molar-refractivity contribution in [3.63, 3.8) is 0 Å². The molecule has 9 heteroatoms. The fourth-order valence-corrected chi connectivity index (χ4v) is 4.67. The molecule has 0 aliphatic rings. The lowest BCUT2D eigenvalue weighted by Gasteiger charge is -2.18. The maximum atomic E-state index is 12.7. The monoisotopic (exact) mass is 476 g/mol. The second kappa shape index (κ2) is 10.3. The first-order valence-electron chi connectivity index (χ1n) is 9.80. The first kappa shape index (κ1) is 23.9. The molecule has 0 N–H and O–H groups in total. The molecule has 3 aromatic carbocycles. The highest BCUT2D eigenvalue weighted by Crippen LogP contribution is 2.19. The zero-order valence-corrected chi connectivity index (χ0v) is 19.3. The molecule has 0 spiro atoms. The van der Waals surface area contributed by atoms with Crippen LogP contribution in [-0.2, 0) is 28.6 Å². The van der Waals surface area contributed by atoms with Gasteiger partial charge in [0.15, 0.2) is 0 Å². The van der Waals surface area contributed by atoms with E-state index >= 15 is 0 Å². The quantitative estimate of drug-likeness (QED) is 0.410. The Kier molecular flexibility index (Phi) is 7.68. The molecule has 32 heavy (non-hydrogen) atoms. The summed E-state index contributed by atoms with van der Waals surface area (Å²) in [5.41, 5.74) is 1.78. The van der Waals surface area contributed by atoms with Crippen LogP contribution < -0.4 is 4.74 Å². The number of hydrogen-bond donors (Lipinski definition) is 0. The van der Waals surface area contributed by atoms with Crippen LogP contribution in [0.15, 0.2) is 88.7 Å². The van der Waals surface area contributed by atoms with Crippen molar-refractivity contribution in [2.75, 3.05) is 13.2 Å². The van der Waals surface area contributed by atoms with Gasteiger partial charge in [-0.3, -0.25) is 8.37 Å². The highest BCUT2D eigenvalue weighted by Gasteiger charge is 2.26. The average Bonchev–Trinajstić information content (AvgIpc) is 2.77. The predicted octanol–water partition coefficient (Wildman–Crippen LogP) is 3.86. The number of para-hydroxylation sites is 1. The minimum Gasteiger partial charge on any atom is -0.491 e. The van der Waals surface area contributed by atoms with Crippen molar-refractivity contribution in [3.8, 4) is 5.75 Å². The van der Waals surface area contributed by atoms with E-state index in [9.17, 15) is 16.8 Å². The molecule has 170 valence electrons. The van der Waals surface area contributed by atoms with Crippen LogP contribution in [0.1, 0.15) is 11.1 Å². The van der Waals surface area contributed by atoms with Gasteiger partial charge in [-0.1, -0.05) is 53.6 Å². The molecule has 0 heterocycles. The van der Waals surface area contributed by atoms with Gasteiger partial charge >= 0.3 is 0 Å². The van der Waals surface area contributed by atoms with Gasteiger partial charge in [-0.15, -0.1) is 0 Å². The van der Waals surface area contributed by atoms with Crippen molar-refractivity contribution in [1.82, 2.24) is 0 Å². The van der Waals surface area contributed by atoms with E-state index in [2.05, 4.69) is 0 Å². The summed E-state index contributed by atoms with van der Waals surface area (Å²) in [5.74, 6) is 0.482. The minimum absolute atomic E-state index is 0.0350. The van der Waals surface area contributed by atoms with Gasteiger partial charge in [-0.2, -0.15) is 16.8 Å². The Bertz CT molecular complexity index is 1220. The van der Waals surface area contributed by atoms with Crippen molar-refractivity contribution in [2.24, 2.45) is 0 Å². The molecule has 0 radical (unpaired) electrons. The number of hydrogen-bond acceptors (Lipinski definition) is 7. The molecule has 0 saturated carbocycles. The fourth-order valence-electron chi connectivity index (χ4n) is 2.69.